The van der Waals surface area contributed by atoms with Crippen LogP contribution in [0.3, 0.4) is 0 Å². The summed E-state index contributed by atoms with van der Waals surface area (Å²) in [5, 5.41) is 7.96. The van der Waals surface area contributed by atoms with Crippen LogP contribution >= 0.6 is 0 Å². The van der Waals surface area contributed by atoms with E-state index in [2.05, 4.69) is 16.6 Å². The summed E-state index contributed by atoms with van der Waals surface area (Å²) < 4.78 is 31.0. The number of benzene rings is 1. The van der Waals surface area contributed by atoms with Crippen LogP contribution in [0.25, 0.3) is 0 Å². The number of nitrogens with zero attached hydrogens (tertiary/aromatic N) is 2. The number of allylic oxidation sites excluding steroid dienone is 2. The third kappa shape index (κ3) is 4.95. The largest absolute Gasteiger partial charge is 0.439 e. The Morgan fingerprint density at radius 2 is 1.92 bits per heavy atom. The second kappa shape index (κ2) is 8.47. The normalized spacial score (nSPS) is 11.7. The van der Waals surface area contributed by atoms with Crippen LogP contribution in [-0.4, -0.2) is 16.7 Å². The van der Waals surface area contributed by atoms with Crippen LogP contribution in [0.15, 0.2) is 78.3 Å². The Bertz CT molecular complexity index is 771. The lowest BCUT2D eigenvalue weighted by Gasteiger charge is -2.06. The maximum atomic E-state index is 12.7. The second-order valence-corrected chi connectivity index (χ2v) is 4.56. The lowest BCUT2D eigenvalue weighted by molar-refractivity contribution is 0.146. The Labute approximate surface area is 138 Å². The number of nitrogens with one attached hydrogen (secondary N) is 1. The van der Waals surface area contributed by atoms with Crippen LogP contribution in [0.2, 0.25) is 0 Å². The van der Waals surface area contributed by atoms with Gasteiger partial charge in [0, 0.05) is 6.08 Å². The third-order valence-electron chi connectivity index (χ3n) is 2.80. The first kappa shape index (κ1) is 17.2. The molecule has 0 aliphatic heterocycles. The van der Waals surface area contributed by atoms with Crippen LogP contribution in [0, 0.1) is 5.41 Å². The van der Waals surface area contributed by atoms with E-state index < -0.39 is 12.1 Å². The van der Waals surface area contributed by atoms with Gasteiger partial charge in [-0.05, 0) is 24.3 Å². The molecule has 0 radical (unpaired) electrons. The molecular formula is C18H15F2N3O. The van der Waals surface area contributed by atoms with E-state index in [0.29, 0.717) is 5.75 Å². The zero-order valence-corrected chi connectivity index (χ0v) is 12.7. The average Bonchev–Trinajstić information content (AvgIpc) is 2.60. The van der Waals surface area contributed by atoms with Crippen molar-refractivity contribution in [1.29, 1.82) is 5.41 Å². The summed E-state index contributed by atoms with van der Waals surface area (Å²) in [6.07, 6.45) is 1.94. The van der Waals surface area contributed by atoms with Gasteiger partial charge in [0.2, 0.25) is 5.90 Å². The minimum atomic E-state index is -2.71. The number of rotatable bonds is 5. The zero-order valence-electron chi connectivity index (χ0n) is 12.7. The lowest BCUT2D eigenvalue weighted by Crippen LogP contribution is -2.10. The maximum Gasteiger partial charge on any atom is 0.280 e. The predicted octanol–water partition coefficient (Wildman–Crippen LogP) is 4.56. The van der Waals surface area contributed by atoms with Crippen molar-refractivity contribution in [2.45, 2.75) is 6.43 Å². The van der Waals surface area contributed by atoms with Crippen molar-refractivity contribution in [2.24, 2.45) is 4.99 Å². The minimum absolute atomic E-state index is 0.0361. The first-order valence-electron chi connectivity index (χ1n) is 7.05. The van der Waals surface area contributed by atoms with E-state index in [-0.39, 0.29) is 17.4 Å². The van der Waals surface area contributed by atoms with Crippen molar-refractivity contribution in [1.82, 2.24) is 4.98 Å². The standard InChI is InChI=1S/C18H15F2N3O/c1-2-3-12-16(24-13-8-5-4-6-9-13)23-18(21)15-11-7-10-14(22-15)17(19)20/h2-12,17,21H,1H2/b12-3+,21-18?,23-16?. The smallest absolute Gasteiger partial charge is 0.280 e. The van der Waals surface area contributed by atoms with Crippen molar-refractivity contribution in [2.75, 3.05) is 0 Å². The molecular weight excluding hydrogens is 312 g/mol. The highest BCUT2D eigenvalue weighted by Gasteiger charge is 2.11. The van der Waals surface area contributed by atoms with E-state index in [1.54, 1.807) is 30.3 Å². The van der Waals surface area contributed by atoms with Gasteiger partial charge in [0.15, 0.2) is 5.84 Å². The predicted molar refractivity (Wildman–Crippen MR) is 89.9 cm³/mol. The molecule has 6 heteroatoms. The Kier molecular flexibility index (Phi) is 6.08. The van der Waals surface area contributed by atoms with Gasteiger partial charge in [-0.15, -0.1) is 0 Å². The van der Waals surface area contributed by atoms with Gasteiger partial charge in [-0.25, -0.2) is 13.8 Å². The number of amidine groups is 1. The van der Waals surface area contributed by atoms with Crippen LogP contribution in [0.4, 0.5) is 8.78 Å². The first-order chi connectivity index (χ1) is 11.6. The van der Waals surface area contributed by atoms with Crippen LogP contribution in [0.5, 0.6) is 5.75 Å². The fourth-order valence-corrected chi connectivity index (χ4v) is 1.73. The van der Waals surface area contributed by atoms with E-state index in [1.807, 2.05) is 6.07 Å². The van der Waals surface area contributed by atoms with Gasteiger partial charge in [0.05, 0.1) is 0 Å². The molecule has 0 fully saturated rings. The highest BCUT2D eigenvalue weighted by Crippen LogP contribution is 2.16. The molecule has 122 valence electrons. The third-order valence-corrected chi connectivity index (χ3v) is 2.80. The number of hydrogen-bond donors (Lipinski definition) is 1. The molecule has 0 bridgehead atoms. The minimum Gasteiger partial charge on any atom is -0.439 e. The number of aliphatic imine (C=N–C) groups is 1. The molecule has 1 aromatic heterocycles. The average molecular weight is 327 g/mol. The van der Waals surface area contributed by atoms with Crippen LogP contribution in [0.1, 0.15) is 17.8 Å². The van der Waals surface area contributed by atoms with E-state index in [9.17, 15) is 8.78 Å². The molecule has 0 aliphatic carbocycles. The van der Waals surface area contributed by atoms with Gasteiger partial charge >= 0.3 is 0 Å². The van der Waals surface area contributed by atoms with Crippen molar-refractivity contribution in [3.8, 4) is 5.75 Å². The molecule has 1 N–H and O–H groups in total. The van der Waals surface area contributed by atoms with Crippen LogP contribution < -0.4 is 4.74 Å². The fourth-order valence-electron chi connectivity index (χ4n) is 1.73. The van der Waals surface area contributed by atoms with Gasteiger partial charge in [-0.3, -0.25) is 5.41 Å². The zero-order chi connectivity index (χ0) is 17.4. The van der Waals surface area contributed by atoms with Crippen molar-refractivity contribution >= 4 is 11.7 Å². The number of ether oxygens (including phenoxy) is 1. The molecule has 1 aromatic carbocycles. The van der Waals surface area contributed by atoms with E-state index >= 15 is 0 Å². The van der Waals surface area contributed by atoms with Gasteiger partial charge in [-0.1, -0.05) is 43.0 Å². The second-order valence-electron chi connectivity index (χ2n) is 4.56. The molecule has 2 aromatic rings. The summed E-state index contributed by atoms with van der Waals surface area (Å²) >= 11 is 0. The van der Waals surface area contributed by atoms with Gasteiger partial charge in [-0.2, -0.15) is 4.99 Å². The summed E-state index contributed by atoms with van der Waals surface area (Å²) in [7, 11) is 0. The maximum absolute atomic E-state index is 12.7. The van der Waals surface area contributed by atoms with Crippen LogP contribution in [-0.2, 0) is 0 Å². The summed E-state index contributed by atoms with van der Waals surface area (Å²) in [5.74, 6) is 0.375. The molecule has 24 heavy (non-hydrogen) atoms. The number of aromatic nitrogens is 1. The van der Waals surface area contributed by atoms with Gasteiger partial charge in [0.1, 0.15) is 17.1 Å². The number of pyridine rings is 1. The Morgan fingerprint density at radius 1 is 1.17 bits per heavy atom. The Morgan fingerprint density at radius 3 is 2.58 bits per heavy atom. The Balaban J connectivity index is 2.27. The number of hydrogen-bond acceptors (Lipinski definition) is 3. The highest BCUT2D eigenvalue weighted by atomic mass is 19.3. The molecule has 1 heterocycles. The van der Waals surface area contributed by atoms with E-state index in [1.165, 1.54) is 30.4 Å². The monoisotopic (exact) mass is 327 g/mol. The number of para-hydroxylation sites is 1. The van der Waals surface area contributed by atoms with E-state index in [4.69, 9.17) is 10.1 Å². The topological polar surface area (TPSA) is 58.3 Å². The molecule has 0 aliphatic rings. The summed E-state index contributed by atoms with van der Waals surface area (Å²) in [6, 6.07) is 12.9. The summed E-state index contributed by atoms with van der Waals surface area (Å²) in [6.45, 7) is 3.56. The SMILES string of the molecule is C=C/C=C/C(=NC(=N)c1cccc(C(F)F)n1)Oc1ccccc1. The van der Waals surface area contributed by atoms with Gasteiger partial charge < -0.3 is 4.74 Å². The molecule has 0 saturated carbocycles. The highest BCUT2D eigenvalue weighted by molar-refractivity contribution is 6.05. The van der Waals surface area contributed by atoms with E-state index in [0.717, 1.165) is 0 Å². The molecule has 0 saturated heterocycles. The molecule has 4 nitrogen and oxygen atoms in total. The lowest BCUT2D eigenvalue weighted by atomic mass is 10.3. The molecule has 0 amide bonds. The molecule has 0 atom stereocenters. The quantitative estimate of drug-likeness (QED) is 0.497. The number of halogens is 2. The summed E-state index contributed by atoms with van der Waals surface area (Å²) in [4.78, 5) is 7.75. The fraction of sp³-hybridized carbons (Fsp3) is 0.0556. The van der Waals surface area contributed by atoms with Gasteiger partial charge in [0.25, 0.3) is 6.43 Å². The van der Waals surface area contributed by atoms with Crippen molar-refractivity contribution < 1.29 is 13.5 Å². The van der Waals surface area contributed by atoms with Crippen molar-refractivity contribution in [3.05, 3.63) is 84.7 Å². The molecule has 0 spiro atoms. The number of alkyl halides is 2. The van der Waals surface area contributed by atoms with Crippen molar-refractivity contribution in [3.63, 3.8) is 0 Å². The first-order valence-corrected chi connectivity index (χ1v) is 7.05. The molecule has 0 unspecified atom stereocenters. The Hall–Kier alpha value is -3.15. The summed E-state index contributed by atoms with van der Waals surface area (Å²) in [5.41, 5.74) is -0.367. The molecule has 2 rings (SSSR count).